The zero-order valence-corrected chi connectivity index (χ0v) is 10.6. The van der Waals surface area contributed by atoms with Crippen LogP contribution in [0.5, 0.6) is 0 Å². The van der Waals surface area contributed by atoms with Crippen molar-refractivity contribution in [3.8, 4) is 0 Å². The molecule has 0 spiro atoms. The normalized spacial score (nSPS) is 10.7. The van der Waals surface area contributed by atoms with E-state index >= 15 is 0 Å². The van der Waals surface area contributed by atoms with Crippen molar-refractivity contribution in [3.63, 3.8) is 0 Å². The summed E-state index contributed by atoms with van der Waals surface area (Å²) in [4.78, 5) is 10.7. The van der Waals surface area contributed by atoms with E-state index in [0.717, 1.165) is 0 Å². The van der Waals surface area contributed by atoms with Crippen LogP contribution in [0.2, 0.25) is 0 Å². The number of sulfonamides is 1. The maximum atomic E-state index is 11.0. The highest BCUT2D eigenvalue weighted by Crippen LogP contribution is 2.12. The molecule has 0 heterocycles. The van der Waals surface area contributed by atoms with Crippen LogP contribution in [0.1, 0.15) is 6.92 Å². The Morgan fingerprint density at radius 2 is 1.82 bits per heavy atom. The molecule has 17 heavy (non-hydrogen) atoms. The van der Waals surface area contributed by atoms with Crippen molar-refractivity contribution in [2.45, 2.75) is 11.8 Å². The molecule has 1 rings (SSSR count). The highest BCUT2D eigenvalue weighted by atomic mass is 32.2. The Kier molecular flexibility index (Phi) is 4.16. The average Bonchev–Trinajstić information content (AvgIpc) is 2.15. The van der Waals surface area contributed by atoms with E-state index in [9.17, 15) is 13.2 Å². The first kappa shape index (κ1) is 13.6. The maximum Gasteiger partial charge on any atom is 0.238 e. The molecular weight excluding hydrogens is 262 g/mol. The summed E-state index contributed by atoms with van der Waals surface area (Å²) in [5, 5.41) is 10.2. The van der Waals surface area contributed by atoms with E-state index in [1.54, 1.807) is 0 Å². The summed E-state index contributed by atoms with van der Waals surface area (Å²) in [5.74, 6) is -0.288. The van der Waals surface area contributed by atoms with Crippen LogP contribution in [0.4, 0.5) is 5.69 Å². The Labute approximate surface area is 104 Å². The Morgan fingerprint density at radius 3 is 2.24 bits per heavy atom. The highest BCUT2D eigenvalue weighted by Gasteiger charge is 2.07. The van der Waals surface area contributed by atoms with Crippen LogP contribution in [0, 0.1) is 0 Å². The van der Waals surface area contributed by atoms with E-state index in [0.29, 0.717) is 5.69 Å². The van der Waals surface area contributed by atoms with Gasteiger partial charge in [-0.2, -0.15) is 0 Å². The third kappa shape index (κ3) is 4.47. The highest BCUT2D eigenvalue weighted by molar-refractivity contribution is 7.89. The van der Waals surface area contributed by atoms with Crippen molar-refractivity contribution in [1.82, 2.24) is 5.32 Å². The fourth-order valence-corrected chi connectivity index (χ4v) is 1.83. The number of rotatable bonds is 2. The van der Waals surface area contributed by atoms with Crippen molar-refractivity contribution in [1.29, 1.82) is 0 Å². The van der Waals surface area contributed by atoms with E-state index in [4.69, 9.17) is 17.4 Å². The second-order valence-electron chi connectivity index (χ2n) is 3.20. The van der Waals surface area contributed by atoms with Crippen LogP contribution in [-0.4, -0.2) is 19.4 Å². The van der Waals surface area contributed by atoms with Gasteiger partial charge in [-0.05, 0) is 36.5 Å². The van der Waals surface area contributed by atoms with Crippen LogP contribution < -0.4 is 15.8 Å². The van der Waals surface area contributed by atoms with Crippen molar-refractivity contribution in [3.05, 3.63) is 24.3 Å². The molecule has 0 radical (unpaired) electrons. The minimum absolute atomic E-state index is 0.00787. The molecule has 0 saturated heterocycles. The third-order valence-corrected chi connectivity index (χ3v) is 2.86. The molecule has 0 aliphatic carbocycles. The molecule has 0 aliphatic rings. The van der Waals surface area contributed by atoms with Gasteiger partial charge in [0.05, 0.1) is 4.90 Å². The number of primary sulfonamides is 1. The van der Waals surface area contributed by atoms with Crippen molar-refractivity contribution in [2.24, 2.45) is 5.14 Å². The summed E-state index contributed by atoms with van der Waals surface area (Å²) in [7, 11) is -3.70. The summed E-state index contributed by atoms with van der Waals surface area (Å²) in [6.45, 7) is 1.33. The van der Waals surface area contributed by atoms with Gasteiger partial charge in [-0.25, -0.2) is 13.6 Å². The first-order valence-electron chi connectivity index (χ1n) is 4.50. The SMILES string of the molecule is CC(=O)NC(=S)Nc1ccc(S(N)(=O)=O)cc1. The first-order valence-corrected chi connectivity index (χ1v) is 6.46. The number of hydrogen-bond donors (Lipinski definition) is 3. The first-order chi connectivity index (χ1) is 7.79. The van der Waals surface area contributed by atoms with Gasteiger partial charge in [-0.3, -0.25) is 4.79 Å². The smallest absolute Gasteiger partial charge is 0.238 e. The summed E-state index contributed by atoms with van der Waals surface area (Å²) in [5.41, 5.74) is 0.552. The Morgan fingerprint density at radius 1 is 1.29 bits per heavy atom. The molecule has 1 amide bonds. The van der Waals surface area contributed by atoms with E-state index < -0.39 is 10.0 Å². The largest absolute Gasteiger partial charge is 0.332 e. The molecule has 92 valence electrons. The van der Waals surface area contributed by atoms with E-state index in [1.807, 2.05) is 0 Å². The lowest BCUT2D eigenvalue weighted by Gasteiger charge is -2.08. The monoisotopic (exact) mass is 273 g/mol. The second kappa shape index (κ2) is 5.21. The molecule has 0 unspecified atom stereocenters. The van der Waals surface area contributed by atoms with Gasteiger partial charge >= 0.3 is 0 Å². The number of hydrogen-bond acceptors (Lipinski definition) is 4. The average molecular weight is 273 g/mol. The predicted molar refractivity (Wildman–Crippen MR) is 67.9 cm³/mol. The molecule has 1 aromatic rings. The molecule has 4 N–H and O–H groups in total. The van der Waals surface area contributed by atoms with Gasteiger partial charge in [0.15, 0.2) is 5.11 Å². The molecular formula is C9H11N3O3S2. The summed E-state index contributed by atoms with van der Waals surface area (Å²) in [6, 6.07) is 5.67. The summed E-state index contributed by atoms with van der Waals surface area (Å²) in [6.07, 6.45) is 0. The fraction of sp³-hybridized carbons (Fsp3) is 0.111. The zero-order valence-electron chi connectivity index (χ0n) is 8.93. The molecule has 1 aromatic carbocycles. The van der Waals surface area contributed by atoms with Crippen LogP contribution in [0.3, 0.4) is 0 Å². The number of carbonyl (C=O) groups excluding carboxylic acids is 1. The topological polar surface area (TPSA) is 101 Å². The molecule has 0 saturated carbocycles. The van der Waals surface area contributed by atoms with Crippen molar-refractivity contribution < 1.29 is 13.2 Å². The third-order valence-electron chi connectivity index (χ3n) is 1.73. The van der Waals surface area contributed by atoms with Crippen LogP contribution >= 0.6 is 12.2 Å². The van der Waals surface area contributed by atoms with Gasteiger partial charge in [0.25, 0.3) is 0 Å². The fourth-order valence-electron chi connectivity index (χ4n) is 1.05. The lowest BCUT2D eigenvalue weighted by molar-refractivity contribution is -0.117. The van der Waals surface area contributed by atoms with Crippen LogP contribution in [0.25, 0.3) is 0 Å². The summed E-state index contributed by atoms with van der Waals surface area (Å²) >= 11 is 4.83. The number of anilines is 1. The lowest BCUT2D eigenvalue weighted by atomic mass is 10.3. The van der Waals surface area contributed by atoms with Gasteiger partial charge in [0.2, 0.25) is 15.9 Å². The van der Waals surface area contributed by atoms with Gasteiger partial charge in [0, 0.05) is 12.6 Å². The Bertz CT molecular complexity index is 537. The van der Waals surface area contributed by atoms with Crippen LogP contribution in [-0.2, 0) is 14.8 Å². The van der Waals surface area contributed by atoms with Crippen molar-refractivity contribution in [2.75, 3.05) is 5.32 Å². The maximum absolute atomic E-state index is 11.0. The molecule has 8 heteroatoms. The molecule has 0 aromatic heterocycles. The number of thiocarbonyl (C=S) groups is 1. The van der Waals surface area contributed by atoms with Gasteiger partial charge < -0.3 is 10.6 Å². The Balaban J connectivity index is 2.76. The minimum Gasteiger partial charge on any atom is -0.332 e. The number of nitrogens with one attached hydrogen (secondary N) is 2. The standard InChI is InChI=1S/C9H11N3O3S2/c1-6(13)11-9(16)12-7-2-4-8(5-3-7)17(10,14)15/h2-5H,1H3,(H2,10,14,15)(H2,11,12,13,16). The molecule has 0 bridgehead atoms. The van der Waals surface area contributed by atoms with Gasteiger partial charge in [0.1, 0.15) is 0 Å². The van der Waals surface area contributed by atoms with Crippen molar-refractivity contribution >= 4 is 38.9 Å². The molecule has 0 aliphatic heterocycles. The zero-order chi connectivity index (χ0) is 13.1. The van der Waals surface area contributed by atoms with E-state index in [1.165, 1.54) is 31.2 Å². The quantitative estimate of drug-likeness (QED) is 0.667. The number of nitrogens with two attached hydrogens (primary N) is 1. The second-order valence-corrected chi connectivity index (χ2v) is 5.17. The van der Waals surface area contributed by atoms with E-state index in [2.05, 4.69) is 10.6 Å². The lowest BCUT2D eigenvalue weighted by Crippen LogP contribution is -2.32. The van der Waals surface area contributed by atoms with Crippen LogP contribution in [0.15, 0.2) is 29.2 Å². The van der Waals surface area contributed by atoms with Gasteiger partial charge in [-0.15, -0.1) is 0 Å². The molecule has 0 atom stereocenters. The predicted octanol–water partition coefficient (Wildman–Crippen LogP) is 0.167. The van der Waals surface area contributed by atoms with E-state index in [-0.39, 0.29) is 15.9 Å². The Hall–Kier alpha value is -1.51. The minimum atomic E-state index is -3.70. The summed E-state index contributed by atoms with van der Waals surface area (Å²) < 4.78 is 22.0. The van der Waals surface area contributed by atoms with Gasteiger partial charge in [-0.1, -0.05) is 0 Å². The number of benzene rings is 1. The number of carbonyl (C=O) groups is 1. The number of amides is 1. The molecule has 0 fully saturated rings. The molecule has 6 nitrogen and oxygen atoms in total.